The van der Waals surface area contributed by atoms with Crippen molar-refractivity contribution in [1.82, 2.24) is 0 Å². The van der Waals surface area contributed by atoms with E-state index in [2.05, 4.69) is 31.2 Å². The molecule has 2 N–H and O–H groups in total. The van der Waals surface area contributed by atoms with Crippen molar-refractivity contribution in [3.8, 4) is 0 Å². The van der Waals surface area contributed by atoms with Crippen molar-refractivity contribution < 1.29 is 0 Å². The van der Waals surface area contributed by atoms with E-state index >= 15 is 0 Å². The molecular weight excluding hydrogens is 202 g/mol. The maximum absolute atomic E-state index is 5.57. The quantitative estimate of drug-likeness (QED) is 0.824. The minimum Gasteiger partial charge on any atom is -0.330 e. The Morgan fingerprint density at radius 3 is 2.53 bits per heavy atom. The Hall–Kier alpha value is -0.470. The van der Waals surface area contributed by atoms with E-state index in [1.165, 1.54) is 23.3 Å². The summed E-state index contributed by atoms with van der Waals surface area (Å²) in [5.74, 6) is 0.593. The van der Waals surface area contributed by atoms with Gasteiger partial charge in [0.25, 0.3) is 0 Å². The van der Waals surface area contributed by atoms with Crippen LogP contribution in [0.4, 0.5) is 0 Å². The minimum absolute atomic E-state index is 0.593. The molecule has 0 spiro atoms. The minimum atomic E-state index is 0.593. The van der Waals surface area contributed by atoms with Gasteiger partial charge in [0.2, 0.25) is 0 Å². The normalized spacial score (nSPS) is 17.7. The third-order valence-electron chi connectivity index (χ3n) is 2.88. The van der Waals surface area contributed by atoms with E-state index in [9.17, 15) is 0 Å². The zero-order valence-corrected chi connectivity index (χ0v) is 10.1. The van der Waals surface area contributed by atoms with Crippen LogP contribution in [0, 0.1) is 0 Å². The first kappa shape index (κ1) is 11.0. The third kappa shape index (κ3) is 3.25. The molecule has 0 aliphatic heterocycles. The summed E-state index contributed by atoms with van der Waals surface area (Å²) in [7, 11) is 0. The van der Waals surface area contributed by atoms with Crippen molar-refractivity contribution >= 4 is 11.8 Å². The summed E-state index contributed by atoms with van der Waals surface area (Å²) in [5.41, 5.74) is 6.98. The molecule has 15 heavy (non-hydrogen) atoms. The van der Waals surface area contributed by atoms with Crippen LogP contribution in [-0.4, -0.2) is 11.8 Å². The number of benzene rings is 1. The Morgan fingerprint density at radius 2 is 2.00 bits per heavy atom. The Bertz CT molecular complexity index is 303. The average Bonchev–Trinajstić information content (AvgIpc) is 3.03. The van der Waals surface area contributed by atoms with E-state index in [0.29, 0.717) is 5.92 Å². The second-order valence-electron chi connectivity index (χ2n) is 4.36. The predicted molar refractivity (Wildman–Crippen MR) is 67.4 cm³/mol. The van der Waals surface area contributed by atoms with Crippen molar-refractivity contribution in [2.45, 2.75) is 42.2 Å². The van der Waals surface area contributed by atoms with E-state index in [4.69, 9.17) is 5.73 Å². The summed E-state index contributed by atoms with van der Waals surface area (Å²) in [6.07, 6.45) is 3.88. The molecule has 1 aromatic rings. The van der Waals surface area contributed by atoms with Crippen molar-refractivity contribution in [2.24, 2.45) is 5.73 Å². The fourth-order valence-electron chi connectivity index (χ4n) is 1.67. The first-order chi connectivity index (χ1) is 7.29. The summed E-state index contributed by atoms with van der Waals surface area (Å²) >= 11 is 2.02. The SMILES string of the molecule is CC(CCN)c1ccc(SC2CC2)cc1. The Morgan fingerprint density at radius 1 is 1.33 bits per heavy atom. The molecule has 0 saturated heterocycles. The molecule has 1 fully saturated rings. The Labute approximate surface area is 96.4 Å². The summed E-state index contributed by atoms with van der Waals surface area (Å²) in [6, 6.07) is 9.02. The lowest BCUT2D eigenvalue weighted by atomic mass is 9.98. The smallest absolute Gasteiger partial charge is 0.00952 e. The Balaban J connectivity index is 1.95. The van der Waals surface area contributed by atoms with Crippen LogP contribution in [0.1, 0.15) is 37.7 Å². The van der Waals surface area contributed by atoms with Gasteiger partial charge in [-0.05, 0) is 49.4 Å². The van der Waals surface area contributed by atoms with Gasteiger partial charge in [0.05, 0.1) is 0 Å². The highest BCUT2D eigenvalue weighted by molar-refractivity contribution is 8.00. The second-order valence-corrected chi connectivity index (χ2v) is 5.74. The van der Waals surface area contributed by atoms with Gasteiger partial charge >= 0.3 is 0 Å². The molecule has 0 aromatic heterocycles. The number of thioether (sulfide) groups is 1. The lowest BCUT2D eigenvalue weighted by Gasteiger charge is -2.10. The molecule has 0 radical (unpaired) electrons. The number of rotatable bonds is 5. The van der Waals surface area contributed by atoms with E-state index in [1.54, 1.807) is 0 Å². The first-order valence-electron chi connectivity index (χ1n) is 5.76. The van der Waals surface area contributed by atoms with Crippen LogP contribution in [-0.2, 0) is 0 Å². The Kier molecular flexibility index (Phi) is 3.71. The lowest BCUT2D eigenvalue weighted by Crippen LogP contribution is -2.04. The summed E-state index contributed by atoms with van der Waals surface area (Å²) in [6.45, 7) is 3.02. The maximum atomic E-state index is 5.57. The average molecular weight is 221 g/mol. The van der Waals surface area contributed by atoms with Crippen molar-refractivity contribution in [3.05, 3.63) is 29.8 Å². The molecule has 1 aliphatic carbocycles. The van der Waals surface area contributed by atoms with Gasteiger partial charge in [-0.1, -0.05) is 19.1 Å². The summed E-state index contributed by atoms with van der Waals surface area (Å²) in [4.78, 5) is 1.42. The highest BCUT2D eigenvalue weighted by atomic mass is 32.2. The van der Waals surface area contributed by atoms with Gasteiger partial charge in [-0.3, -0.25) is 0 Å². The zero-order valence-electron chi connectivity index (χ0n) is 9.28. The molecule has 1 aliphatic rings. The van der Waals surface area contributed by atoms with Gasteiger partial charge in [-0.15, -0.1) is 11.8 Å². The molecule has 0 amide bonds. The number of hydrogen-bond acceptors (Lipinski definition) is 2. The molecule has 1 aromatic carbocycles. The van der Waals surface area contributed by atoms with Gasteiger partial charge in [0.15, 0.2) is 0 Å². The van der Waals surface area contributed by atoms with E-state index in [0.717, 1.165) is 18.2 Å². The third-order valence-corrected chi connectivity index (χ3v) is 4.23. The van der Waals surface area contributed by atoms with Crippen molar-refractivity contribution in [2.75, 3.05) is 6.54 Å². The standard InChI is InChI=1S/C13H19NS/c1-10(8-9-14)11-2-4-12(5-3-11)15-13-6-7-13/h2-5,10,13H,6-9,14H2,1H3. The van der Waals surface area contributed by atoms with Gasteiger partial charge in [0.1, 0.15) is 0 Å². The molecule has 0 bridgehead atoms. The fraction of sp³-hybridized carbons (Fsp3) is 0.538. The largest absolute Gasteiger partial charge is 0.330 e. The van der Waals surface area contributed by atoms with Crippen LogP contribution in [0.3, 0.4) is 0 Å². The molecule has 82 valence electrons. The van der Waals surface area contributed by atoms with E-state index in [-0.39, 0.29) is 0 Å². The molecule has 1 unspecified atom stereocenters. The fourth-order valence-corrected chi connectivity index (χ4v) is 2.72. The molecule has 2 heteroatoms. The molecule has 1 saturated carbocycles. The molecular formula is C13H19NS. The predicted octanol–water partition coefficient (Wildman–Crippen LogP) is 3.39. The van der Waals surface area contributed by atoms with Crippen LogP contribution in [0.25, 0.3) is 0 Å². The van der Waals surface area contributed by atoms with Gasteiger partial charge in [-0.2, -0.15) is 0 Å². The monoisotopic (exact) mass is 221 g/mol. The molecule has 2 rings (SSSR count). The summed E-state index contributed by atoms with van der Waals surface area (Å²) < 4.78 is 0. The van der Waals surface area contributed by atoms with Gasteiger partial charge in [-0.25, -0.2) is 0 Å². The lowest BCUT2D eigenvalue weighted by molar-refractivity contribution is 0.689. The van der Waals surface area contributed by atoms with Crippen LogP contribution in [0.5, 0.6) is 0 Å². The van der Waals surface area contributed by atoms with E-state index < -0.39 is 0 Å². The van der Waals surface area contributed by atoms with E-state index in [1.807, 2.05) is 11.8 Å². The molecule has 0 heterocycles. The number of hydrogen-bond donors (Lipinski definition) is 1. The maximum Gasteiger partial charge on any atom is 0.00952 e. The summed E-state index contributed by atoms with van der Waals surface area (Å²) in [5, 5.41) is 0.900. The highest BCUT2D eigenvalue weighted by Crippen LogP contribution is 2.39. The van der Waals surface area contributed by atoms with Crippen LogP contribution < -0.4 is 5.73 Å². The number of nitrogens with two attached hydrogens (primary N) is 1. The second kappa shape index (κ2) is 5.04. The van der Waals surface area contributed by atoms with Gasteiger partial charge in [0, 0.05) is 10.1 Å². The van der Waals surface area contributed by atoms with Crippen molar-refractivity contribution in [1.29, 1.82) is 0 Å². The molecule has 1 atom stereocenters. The van der Waals surface area contributed by atoms with Crippen LogP contribution in [0.2, 0.25) is 0 Å². The molecule has 1 nitrogen and oxygen atoms in total. The van der Waals surface area contributed by atoms with Gasteiger partial charge < -0.3 is 5.73 Å². The zero-order chi connectivity index (χ0) is 10.7. The van der Waals surface area contributed by atoms with Crippen molar-refractivity contribution in [3.63, 3.8) is 0 Å². The first-order valence-corrected chi connectivity index (χ1v) is 6.64. The highest BCUT2D eigenvalue weighted by Gasteiger charge is 2.22. The van der Waals surface area contributed by atoms with Crippen LogP contribution in [0.15, 0.2) is 29.2 Å². The topological polar surface area (TPSA) is 26.0 Å². The van der Waals surface area contributed by atoms with Crippen LogP contribution >= 0.6 is 11.8 Å².